The molecule has 0 fully saturated rings. The van der Waals surface area contributed by atoms with E-state index in [1.54, 1.807) is 12.4 Å². The van der Waals surface area contributed by atoms with Crippen molar-refractivity contribution < 1.29 is 0 Å². The lowest BCUT2D eigenvalue weighted by molar-refractivity contribution is 0.454. The Morgan fingerprint density at radius 2 is 2.35 bits per heavy atom. The molecule has 0 bridgehead atoms. The summed E-state index contributed by atoms with van der Waals surface area (Å²) in [5, 5.41) is 0. The summed E-state index contributed by atoms with van der Waals surface area (Å²) in [6.45, 7) is 2.65. The van der Waals surface area contributed by atoms with Gasteiger partial charge in [0.15, 0.2) is 0 Å². The number of nitrogens with zero attached hydrogens (tertiary/aromatic N) is 3. The van der Waals surface area contributed by atoms with Crippen LogP contribution in [0, 0.1) is 0 Å². The minimum Gasteiger partial charge on any atom is -0.355 e. The second-order valence-corrected chi connectivity index (χ2v) is 4.46. The van der Waals surface area contributed by atoms with Crippen LogP contribution in [0.3, 0.4) is 0 Å². The first-order chi connectivity index (χ1) is 8.24. The number of hydrogen-bond donors (Lipinski definition) is 2. The summed E-state index contributed by atoms with van der Waals surface area (Å²) in [7, 11) is 0. The van der Waals surface area contributed by atoms with Crippen molar-refractivity contribution in [3.05, 3.63) is 30.1 Å². The highest BCUT2D eigenvalue weighted by atomic mass is 32.1. The molecule has 1 rings (SSSR count). The molecule has 6 heteroatoms. The zero-order valence-corrected chi connectivity index (χ0v) is 11.2. The van der Waals surface area contributed by atoms with Gasteiger partial charge < -0.3 is 10.6 Å². The van der Waals surface area contributed by atoms with Gasteiger partial charge in [0.2, 0.25) is 0 Å². The Labute approximate surface area is 112 Å². The van der Waals surface area contributed by atoms with E-state index in [1.807, 2.05) is 23.1 Å². The predicted octanol–water partition coefficient (Wildman–Crippen LogP) is 0.976. The number of aromatic nitrogens is 1. The number of rotatable bonds is 6. The lowest BCUT2D eigenvalue weighted by atomic mass is 10.4. The summed E-state index contributed by atoms with van der Waals surface area (Å²) < 4.78 is 0.559. The topological polar surface area (TPSA) is 54.5 Å². The van der Waals surface area contributed by atoms with E-state index in [9.17, 15) is 0 Å². The number of nitrogens with two attached hydrogens (primary N) is 1. The molecule has 1 aromatic rings. The maximum Gasteiger partial charge on any atom is 0.133 e. The van der Waals surface area contributed by atoms with E-state index < -0.39 is 0 Å². The van der Waals surface area contributed by atoms with E-state index in [0.717, 1.165) is 12.2 Å². The van der Waals surface area contributed by atoms with Gasteiger partial charge in [0, 0.05) is 32.0 Å². The highest BCUT2D eigenvalue weighted by Crippen LogP contribution is 1.96. The van der Waals surface area contributed by atoms with Crippen LogP contribution in [0.15, 0.2) is 29.4 Å². The molecule has 0 saturated heterocycles. The van der Waals surface area contributed by atoms with Crippen molar-refractivity contribution in [3.63, 3.8) is 0 Å². The van der Waals surface area contributed by atoms with Gasteiger partial charge in [-0.2, -0.15) is 0 Å². The second-order valence-electron chi connectivity index (χ2n) is 3.35. The van der Waals surface area contributed by atoms with Gasteiger partial charge in [-0.25, -0.2) is 0 Å². The molecule has 0 unspecified atom stereocenters. The maximum absolute atomic E-state index is 5.48. The molecule has 92 valence electrons. The van der Waals surface area contributed by atoms with Crippen molar-refractivity contribution >= 4 is 35.4 Å². The molecule has 0 aliphatic carbocycles. The number of hydrogen-bond acceptors (Lipinski definition) is 4. The first-order valence-electron chi connectivity index (χ1n) is 5.33. The van der Waals surface area contributed by atoms with Gasteiger partial charge in [-0.05, 0) is 12.1 Å². The third kappa shape index (κ3) is 5.76. The molecule has 1 aromatic heterocycles. The molecule has 0 saturated carbocycles. The molecule has 0 aromatic carbocycles. The van der Waals surface area contributed by atoms with Crippen molar-refractivity contribution in [1.29, 1.82) is 0 Å². The van der Waals surface area contributed by atoms with Gasteiger partial charge in [0.05, 0.1) is 12.2 Å². The van der Waals surface area contributed by atoms with Crippen LogP contribution in [0.4, 0.5) is 0 Å². The Morgan fingerprint density at radius 1 is 1.53 bits per heavy atom. The molecule has 0 spiro atoms. The van der Waals surface area contributed by atoms with E-state index in [0.29, 0.717) is 24.0 Å². The van der Waals surface area contributed by atoms with Gasteiger partial charge >= 0.3 is 0 Å². The van der Waals surface area contributed by atoms with Crippen LogP contribution < -0.4 is 5.73 Å². The maximum atomic E-state index is 5.48. The third-order valence-electron chi connectivity index (χ3n) is 2.08. The van der Waals surface area contributed by atoms with Crippen molar-refractivity contribution in [2.75, 3.05) is 26.2 Å². The fourth-order valence-electron chi connectivity index (χ4n) is 1.25. The Balaban J connectivity index is 2.36. The lowest BCUT2D eigenvalue weighted by Crippen LogP contribution is -2.33. The summed E-state index contributed by atoms with van der Waals surface area (Å²) in [5.74, 6) is 0. The number of thiocarbonyl (C=S) groups is 1. The zero-order valence-electron chi connectivity index (χ0n) is 9.49. The summed E-state index contributed by atoms with van der Waals surface area (Å²) in [5.41, 5.74) is 6.33. The molecule has 0 aliphatic heterocycles. The second kappa shape index (κ2) is 8.16. The van der Waals surface area contributed by atoms with E-state index in [2.05, 4.69) is 22.6 Å². The van der Waals surface area contributed by atoms with Crippen molar-refractivity contribution in [2.24, 2.45) is 10.7 Å². The van der Waals surface area contributed by atoms with Crippen LogP contribution in [-0.2, 0) is 0 Å². The molecule has 0 aliphatic rings. The number of thiol groups is 1. The molecule has 0 amide bonds. The van der Waals surface area contributed by atoms with Crippen molar-refractivity contribution in [1.82, 2.24) is 9.88 Å². The Bertz CT molecular complexity index is 367. The summed E-state index contributed by atoms with van der Waals surface area (Å²) in [6, 6.07) is 5.71. The fraction of sp³-hybridized carbons (Fsp3) is 0.364. The number of aliphatic imine (C=N–C) groups is 1. The molecule has 17 heavy (non-hydrogen) atoms. The predicted molar refractivity (Wildman–Crippen MR) is 78.9 cm³/mol. The minimum absolute atomic E-state index is 0.559. The Morgan fingerprint density at radius 3 is 2.94 bits per heavy atom. The molecule has 1 heterocycles. The largest absolute Gasteiger partial charge is 0.355 e. The number of pyridine rings is 1. The van der Waals surface area contributed by atoms with Crippen LogP contribution in [-0.4, -0.2) is 46.6 Å². The van der Waals surface area contributed by atoms with E-state index in [-0.39, 0.29) is 0 Å². The Hall–Kier alpha value is -0.980. The first kappa shape index (κ1) is 14.1. The summed E-state index contributed by atoms with van der Waals surface area (Å²) >= 11 is 9.13. The van der Waals surface area contributed by atoms with Gasteiger partial charge in [0.25, 0.3) is 0 Å². The molecule has 0 radical (unpaired) electrons. The normalized spacial score (nSPS) is 10.7. The SMILES string of the molecule is NCCN(CCN=Cc1ccccn1)C(=S)S. The fourth-order valence-corrected chi connectivity index (χ4v) is 1.63. The van der Waals surface area contributed by atoms with Gasteiger partial charge in [0.1, 0.15) is 4.32 Å². The van der Waals surface area contributed by atoms with E-state index in [4.69, 9.17) is 18.0 Å². The van der Waals surface area contributed by atoms with E-state index >= 15 is 0 Å². The van der Waals surface area contributed by atoms with Crippen molar-refractivity contribution in [2.45, 2.75) is 0 Å². The molecular weight excluding hydrogens is 252 g/mol. The quantitative estimate of drug-likeness (QED) is 0.459. The summed E-state index contributed by atoms with van der Waals surface area (Å²) in [6.07, 6.45) is 3.49. The monoisotopic (exact) mass is 268 g/mol. The smallest absolute Gasteiger partial charge is 0.133 e. The van der Waals surface area contributed by atoms with Crippen LogP contribution in [0.5, 0.6) is 0 Å². The molecule has 0 atom stereocenters. The van der Waals surface area contributed by atoms with Crippen LogP contribution >= 0.6 is 24.8 Å². The van der Waals surface area contributed by atoms with Crippen LogP contribution in [0.2, 0.25) is 0 Å². The summed E-state index contributed by atoms with van der Waals surface area (Å²) in [4.78, 5) is 10.4. The van der Waals surface area contributed by atoms with Gasteiger partial charge in [-0.1, -0.05) is 18.3 Å². The molecule has 4 nitrogen and oxygen atoms in total. The van der Waals surface area contributed by atoms with Crippen molar-refractivity contribution in [3.8, 4) is 0 Å². The van der Waals surface area contributed by atoms with Crippen LogP contribution in [0.1, 0.15) is 5.69 Å². The third-order valence-corrected chi connectivity index (χ3v) is 2.62. The standard InChI is InChI=1S/C11H16N4S2/c12-4-7-15(11(16)17)8-6-13-9-10-3-1-2-5-14-10/h1-3,5,9H,4,6-8,12H2,(H,16,17). The average Bonchev–Trinajstić information content (AvgIpc) is 2.34. The molecular formula is C11H16N4S2. The highest BCUT2D eigenvalue weighted by Gasteiger charge is 2.03. The van der Waals surface area contributed by atoms with Crippen LogP contribution in [0.25, 0.3) is 0 Å². The van der Waals surface area contributed by atoms with Gasteiger partial charge in [-0.15, -0.1) is 12.6 Å². The van der Waals surface area contributed by atoms with E-state index in [1.165, 1.54) is 0 Å². The zero-order chi connectivity index (χ0) is 12.5. The lowest BCUT2D eigenvalue weighted by Gasteiger charge is -2.20. The average molecular weight is 268 g/mol. The Kier molecular flexibility index (Phi) is 6.76. The minimum atomic E-state index is 0.559. The van der Waals surface area contributed by atoms with Gasteiger partial charge in [-0.3, -0.25) is 9.98 Å². The first-order valence-corrected chi connectivity index (χ1v) is 6.18. The highest BCUT2D eigenvalue weighted by molar-refractivity contribution is 8.10. The molecule has 2 N–H and O–H groups in total.